The van der Waals surface area contributed by atoms with E-state index >= 15 is 0 Å². The summed E-state index contributed by atoms with van der Waals surface area (Å²) in [4.78, 5) is 0. The molecular weight excluding hydrogens is 266 g/mol. The molecule has 0 fully saturated rings. The van der Waals surface area contributed by atoms with Crippen LogP contribution in [0.5, 0.6) is 0 Å². The zero-order chi connectivity index (χ0) is 13.9. The Morgan fingerprint density at radius 2 is 2.05 bits per heavy atom. The number of aryl methyl sites for hydroxylation is 1. The van der Waals surface area contributed by atoms with E-state index in [-0.39, 0.29) is 6.04 Å². The molecule has 2 nitrogen and oxygen atoms in total. The van der Waals surface area contributed by atoms with Crippen LogP contribution in [0.15, 0.2) is 46.4 Å². The highest BCUT2D eigenvalue weighted by atomic mass is 32.1. The Hall–Kier alpha value is -1.58. The molecule has 3 rings (SSSR count). The minimum atomic E-state index is 0.213. The van der Waals surface area contributed by atoms with E-state index in [0.717, 1.165) is 18.7 Å². The Morgan fingerprint density at radius 1 is 1.20 bits per heavy atom. The monoisotopic (exact) mass is 285 g/mol. The fourth-order valence-corrected chi connectivity index (χ4v) is 3.58. The number of hydrogen-bond donors (Lipinski definition) is 1. The molecule has 0 aliphatic rings. The van der Waals surface area contributed by atoms with Crippen LogP contribution in [0.25, 0.3) is 10.1 Å². The molecule has 3 aromatic rings. The van der Waals surface area contributed by atoms with Gasteiger partial charge in [0.15, 0.2) is 0 Å². The maximum absolute atomic E-state index is 5.50. The first-order chi connectivity index (χ1) is 9.81. The van der Waals surface area contributed by atoms with Gasteiger partial charge in [-0.25, -0.2) is 0 Å². The van der Waals surface area contributed by atoms with Gasteiger partial charge in [-0.3, -0.25) is 0 Å². The van der Waals surface area contributed by atoms with E-state index in [9.17, 15) is 0 Å². The normalized spacial score (nSPS) is 12.9. The van der Waals surface area contributed by atoms with E-state index in [0.29, 0.717) is 0 Å². The molecule has 1 N–H and O–H groups in total. The third-order valence-corrected chi connectivity index (χ3v) is 4.61. The summed E-state index contributed by atoms with van der Waals surface area (Å²) in [7, 11) is 0. The standard InChI is InChI=1S/C17H19NOS/c1-3-9-18-17(13-8-10-19-12(13)2)15-11-20-16-7-5-4-6-14(15)16/h4-8,10-11,17-18H,3,9H2,1-2H3. The minimum absolute atomic E-state index is 0.213. The Labute approximate surface area is 123 Å². The molecule has 0 saturated heterocycles. The Balaban J connectivity index is 2.07. The topological polar surface area (TPSA) is 25.2 Å². The summed E-state index contributed by atoms with van der Waals surface area (Å²) in [5.41, 5.74) is 2.59. The van der Waals surface area contributed by atoms with Gasteiger partial charge in [-0.15, -0.1) is 11.3 Å². The average molecular weight is 285 g/mol. The number of rotatable bonds is 5. The summed E-state index contributed by atoms with van der Waals surface area (Å²) in [6, 6.07) is 10.9. The van der Waals surface area contributed by atoms with Gasteiger partial charge in [0.25, 0.3) is 0 Å². The molecule has 1 atom stereocenters. The second-order valence-corrected chi connectivity index (χ2v) is 5.92. The number of hydrogen-bond acceptors (Lipinski definition) is 3. The highest BCUT2D eigenvalue weighted by Gasteiger charge is 2.20. The number of furan rings is 1. The second kappa shape index (κ2) is 5.81. The average Bonchev–Trinajstić information content (AvgIpc) is 3.07. The van der Waals surface area contributed by atoms with Crippen LogP contribution < -0.4 is 5.32 Å². The molecule has 0 aliphatic heterocycles. The van der Waals surface area contributed by atoms with Gasteiger partial charge in [0.2, 0.25) is 0 Å². The van der Waals surface area contributed by atoms with E-state index < -0.39 is 0 Å². The Kier molecular flexibility index (Phi) is 3.90. The van der Waals surface area contributed by atoms with Gasteiger partial charge in [-0.05, 0) is 48.4 Å². The molecule has 0 spiro atoms. The predicted octanol–water partition coefficient (Wildman–Crippen LogP) is 4.89. The maximum atomic E-state index is 5.50. The summed E-state index contributed by atoms with van der Waals surface area (Å²) in [6.45, 7) is 5.22. The molecule has 1 aromatic carbocycles. The van der Waals surface area contributed by atoms with Crippen molar-refractivity contribution in [2.75, 3.05) is 6.54 Å². The van der Waals surface area contributed by atoms with Crippen LogP contribution in [-0.4, -0.2) is 6.54 Å². The molecule has 104 valence electrons. The van der Waals surface area contributed by atoms with Gasteiger partial charge in [-0.1, -0.05) is 25.1 Å². The van der Waals surface area contributed by atoms with Crippen molar-refractivity contribution in [3.8, 4) is 0 Å². The van der Waals surface area contributed by atoms with Gasteiger partial charge < -0.3 is 9.73 Å². The summed E-state index contributed by atoms with van der Waals surface area (Å²) in [5, 5.41) is 7.26. The Morgan fingerprint density at radius 3 is 2.80 bits per heavy atom. The lowest BCUT2D eigenvalue weighted by molar-refractivity contribution is 0.518. The van der Waals surface area contributed by atoms with Crippen molar-refractivity contribution in [1.82, 2.24) is 5.32 Å². The highest BCUT2D eigenvalue weighted by Crippen LogP contribution is 2.34. The quantitative estimate of drug-likeness (QED) is 0.722. The van der Waals surface area contributed by atoms with Crippen molar-refractivity contribution in [3.63, 3.8) is 0 Å². The van der Waals surface area contributed by atoms with Gasteiger partial charge in [-0.2, -0.15) is 0 Å². The molecule has 0 bridgehead atoms. The predicted molar refractivity (Wildman–Crippen MR) is 85.4 cm³/mol. The third-order valence-electron chi connectivity index (χ3n) is 3.63. The number of fused-ring (bicyclic) bond motifs is 1. The van der Waals surface area contributed by atoms with Crippen molar-refractivity contribution >= 4 is 21.4 Å². The molecule has 2 aromatic heterocycles. The lowest BCUT2D eigenvalue weighted by Gasteiger charge is -2.18. The van der Waals surface area contributed by atoms with Gasteiger partial charge in [0.05, 0.1) is 12.3 Å². The number of benzene rings is 1. The van der Waals surface area contributed by atoms with Crippen LogP contribution in [0.2, 0.25) is 0 Å². The first-order valence-corrected chi connectivity index (χ1v) is 7.92. The minimum Gasteiger partial charge on any atom is -0.469 e. The molecule has 0 amide bonds. The summed E-state index contributed by atoms with van der Waals surface area (Å²) in [5.74, 6) is 0.994. The lowest BCUT2D eigenvalue weighted by atomic mass is 9.98. The van der Waals surface area contributed by atoms with E-state index in [4.69, 9.17) is 4.42 Å². The Bertz CT molecular complexity index is 698. The highest BCUT2D eigenvalue weighted by molar-refractivity contribution is 7.17. The van der Waals surface area contributed by atoms with Crippen LogP contribution in [-0.2, 0) is 0 Å². The first kappa shape index (κ1) is 13.4. The van der Waals surface area contributed by atoms with Crippen LogP contribution in [0.3, 0.4) is 0 Å². The van der Waals surface area contributed by atoms with Crippen molar-refractivity contribution in [2.24, 2.45) is 0 Å². The summed E-state index contributed by atoms with van der Waals surface area (Å²) in [6.07, 6.45) is 2.90. The van der Waals surface area contributed by atoms with Gasteiger partial charge in [0, 0.05) is 10.3 Å². The summed E-state index contributed by atoms with van der Waals surface area (Å²) < 4.78 is 6.84. The maximum Gasteiger partial charge on any atom is 0.105 e. The molecule has 20 heavy (non-hydrogen) atoms. The van der Waals surface area contributed by atoms with Crippen molar-refractivity contribution < 1.29 is 4.42 Å². The largest absolute Gasteiger partial charge is 0.469 e. The van der Waals surface area contributed by atoms with Crippen LogP contribution in [0.4, 0.5) is 0 Å². The summed E-state index contributed by atoms with van der Waals surface area (Å²) >= 11 is 1.81. The molecule has 0 radical (unpaired) electrons. The smallest absolute Gasteiger partial charge is 0.105 e. The number of nitrogens with one attached hydrogen (secondary N) is 1. The first-order valence-electron chi connectivity index (χ1n) is 7.04. The molecule has 0 aliphatic carbocycles. The van der Waals surface area contributed by atoms with Crippen LogP contribution in [0.1, 0.15) is 36.3 Å². The van der Waals surface area contributed by atoms with Gasteiger partial charge in [0.1, 0.15) is 5.76 Å². The fourth-order valence-electron chi connectivity index (χ4n) is 2.59. The third kappa shape index (κ3) is 2.39. The van der Waals surface area contributed by atoms with Crippen molar-refractivity contribution in [3.05, 3.63) is 58.9 Å². The molecular formula is C17H19NOS. The van der Waals surface area contributed by atoms with E-state index in [1.807, 2.05) is 18.3 Å². The zero-order valence-corrected chi connectivity index (χ0v) is 12.7. The molecule has 3 heteroatoms. The fraction of sp³-hybridized carbons (Fsp3) is 0.294. The lowest BCUT2D eigenvalue weighted by Crippen LogP contribution is -2.23. The molecule has 1 unspecified atom stereocenters. The SMILES string of the molecule is CCCNC(c1ccoc1C)c1csc2ccccc12. The zero-order valence-electron chi connectivity index (χ0n) is 11.8. The van der Waals surface area contributed by atoms with Crippen molar-refractivity contribution in [1.29, 1.82) is 0 Å². The van der Waals surface area contributed by atoms with E-state index in [1.165, 1.54) is 21.2 Å². The second-order valence-electron chi connectivity index (χ2n) is 5.01. The van der Waals surface area contributed by atoms with Gasteiger partial charge >= 0.3 is 0 Å². The van der Waals surface area contributed by atoms with E-state index in [2.05, 4.69) is 48.0 Å². The van der Waals surface area contributed by atoms with Crippen molar-refractivity contribution in [2.45, 2.75) is 26.3 Å². The van der Waals surface area contributed by atoms with E-state index in [1.54, 1.807) is 6.26 Å². The van der Waals surface area contributed by atoms with Crippen LogP contribution >= 0.6 is 11.3 Å². The van der Waals surface area contributed by atoms with Crippen LogP contribution in [0, 0.1) is 6.92 Å². The molecule has 0 saturated carbocycles. The molecule has 2 heterocycles. The number of thiophene rings is 1.